The van der Waals surface area contributed by atoms with Crippen LogP contribution in [-0.2, 0) is 11.3 Å². The lowest BCUT2D eigenvalue weighted by Gasteiger charge is -2.17. The van der Waals surface area contributed by atoms with E-state index in [9.17, 15) is 0 Å². The van der Waals surface area contributed by atoms with Gasteiger partial charge >= 0.3 is 0 Å². The van der Waals surface area contributed by atoms with Crippen LogP contribution in [0.3, 0.4) is 0 Å². The quantitative estimate of drug-likeness (QED) is 0.612. The predicted molar refractivity (Wildman–Crippen MR) is 77.7 cm³/mol. The number of nitrogens with one attached hydrogen (secondary N) is 1. The Morgan fingerprint density at radius 1 is 1.28 bits per heavy atom. The van der Waals surface area contributed by atoms with Gasteiger partial charge in [-0.1, -0.05) is 24.3 Å². The zero-order chi connectivity index (χ0) is 13.7. The summed E-state index contributed by atoms with van der Waals surface area (Å²) in [5, 5.41) is 3.38. The Labute approximate surface area is 111 Å². The normalized spacial score (nSPS) is 12.5. The largest absolute Gasteiger partial charge is 0.359 e. The number of hydrogen-bond donors (Lipinski definition) is 1. The van der Waals surface area contributed by atoms with E-state index in [1.807, 2.05) is 13.8 Å². The van der Waals surface area contributed by atoms with Crippen LogP contribution >= 0.6 is 0 Å². The maximum atomic E-state index is 5.61. The highest BCUT2D eigenvalue weighted by Crippen LogP contribution is 2.17. The first kappa shape index (κ1) is 14.9. The lowest BCUT2D eigenvalue weighted by molar-refractivity contribution is 0.0571. The van der Waals surface area contributed by atoms with Gasteiger partial charge in [-0.2, -0.15) is 0 Å². The van der Waals surface area contributed by atoms with Crippen molar-refractivity contribution in [3.63, 3.8) is 0 Å². The fourth-order valence-corrected chi connectivity index (χ4v) is 1.78. The van der Waals surface area contributed by atoms with Crippen molar-refractivity contribution >= 4 is 0 Å². The summed E-state index contributed by atoms with van der Waals surface area (Å²) < 4.78 is 5.61. The molecule has 0 saturated carbocycles. The molecule has 0 aromatic heterocycles. The fourth-order valence-electron chi connectivity index (χ4n) is 1.78. The first-order valence-corrected chi connectivity index (χ1v) is 6.47. The Hall–Kier alpha value is -1.12. The maximum absolute atomic E-state index is 5.61. The van der Waals surface area contributed by atoms with E-state index in [0.29, 0.717) is 6.61 Å². The molecule has 0 amide bonds. The van der Waals surface area contributed by atoms with Crippen LogP contribution < -0.4 is 5.32 Å². The van der Waals surface area contributed by atoms with Crippen molar-refractivity contribution in [2.24, 2.45) is 0 Å². The van der Waals surface area contributed by atoms with Crippen LogP contribution in [0.15, 0.2) is 24.3 Å². The summed E-state index contributed by atoms with van der Waals surface area (Å²) in [7, 11) is 0. The minimum atomic E-state index is 0.0442. The second-order valence-electron chi connectivity index (χ2n) is 5.08. The summed E-state index contributed by atoms with van der Waals surface area (Å²) in [6.07, 6.45) is 0.0442. The van der Waals surface area contributed by atoms with Gasteiger partial charge in [0, 0.05) is 6.54 Å². The zero-order valence-corrected chi connectivity index (χ0v) is 12.3. The molecule has 0 fully saturated rings. The van der Waals surface area contributed by atoms with Crippen molar-refractivity contribution < 1.29 is 4.74 Å². The SMILES string of the molecule is C=C(C)COC(C)NCc1ccc(C)c(C)c1C. The van der Waals surface area contributed by atoms with Crippen LogP contribution in [0.25, 0.3) is 0 Å². The number of benzene rings is 1. The van der Waals surface area contributed by atoms with E-state index in [1.54, 1.807) is 0 Å². The predicted octanol–water partition coefficient (Wildman–Crippen LogP) is 3.64. The summed E-state index contributed by atoms with van der Waals surface area (Å²) in [5.41, 5.74) is 6.48. The first-order chi connectivity index (χ1) is 8.41. The third-order valence-electron chi connectivity index (χ3n) is 3.33. The summed E-state index contributed by atoms with van der Waals surface area (Å²) in [5.74, 6) is 0. The molecule has 100 valence electrons. The van der Waals surface area contributed by atoms with Crippen LogP contribution in [0.5, 0.6) is 0 Å². The number of aryl methyl sites for hydroxylation is 1. The lowest BCUT2D eigenvalue weighted by atomic mass is 9.99. The molecule has 1 N–H and O–H groups in total. The van der Waals surface area contributed by atoms with Crippen LogP contribution in [-0.4, -0.2) is 12.8 Å². The van der Waals surface area contributed by atoms with Gasteiger partial charge in [0.15, 0.2) is 0 Å². The third-order valence-corrected chi connectivity index (χ3v) is 3.33. The van der Waals surface area contributed by atoms with E-state index in [0.717, 1.165) is 12.1 Å². The highest BCUT2D eigenvalue weighted by Gasteiger charge is 2.06. The first-order valence-electron chi connectivity index (χ1n) is 6.47. The molecule has 1 rings (SSSR count). The molecule has 0 heterocycles. The summed E-state index contributed by atoms with van der Waals surface area (Å²) in [6, 6.07) is 4.37. The van der Waals surface area contributed by atoms with Gasteiger partial charge in [-0.25, -0.2) is 0 Å². The van der Waals surface area contributed by atoms with Crippen LogP contribution in [0.2, 0.25) is 0 Å². The van der Waals surface area contributed by atoms with Gasteiger partial charge in [0.25, 0.3) is 0 Å². The van der Waals surface area contributed by atoms with E-state index in [4.69, 9.17) is 4.74 Å². The molecule has 2 nitrogen and oxygen atoms in total. The molecular weight excluding hydrogens is 222 g/mol. The fraction of sp³-hybridized carbons (Fsp3) is 0.500. The van der Waals surface area contributed by atoms with Crippen LogP contribution in [0, 0.1) is 20.8 Å². The standard InChI is InChI=1S/C16H25NO/c1-11(2)10-18-15(6)17-9-16-8-7-12(3)13(4)14(16)5/h7-8,15,17H,1,9-10H2,2-6H3. The molecule has 1 aromatic rings. The van der Waals surface area contributed by atoms with Gasteiger partial charge < -0.3 is 4.74 Å². The van der Waals surface area contributed by atoms with Gasteiger partial charge in [-0.05, 0) is 56.9 Å². The van der Waals surface area contributed by atoms with Crippen molar-refractivity contribution in [1.29, 1.82) is 0 Å². The molecule has 0 aliphatic heterocycles. The van der Waals surface area contributed by atoms with Gasteiger partial charge in [-0.15, -0.1) is 0 Å². The van der Waals surface area contributed by atoms with Crippen molar-refractivity contribution in [2.75, 3.05) is 6.61 Å². The molecule has 0 aliphatic rings. The van der Waals surface area contributed by atoms with Crippen LogP contribution in [0.4, 0.5) is 0 Å². The van der Waals surface area contributed by atoms with E-state index in [1.165, 1.54) is 22.3 Å². The van der Waals surface area contributed by atoms with Crippen molar-refractivity contribution in [2.45, 2.75) is 47.4 Å². The van der Waals surface area contributed by atoms with Crippen molar-refractivity contribution in [3.8, 4) is 0 Å². The molecule has 0 bridgehead atoms. The van der Waals surface area contributed by atoms with Crippen molar-refractivity contribution in [3.05, 3.63) is 46.5 Å². The minimum absolute atomic E-state index is 0.0442. The van der Waals surface area contributed by atoms with E-state index >= 15 is 0 Å². The monoisotopic (exact) mass is 247 g/mol. The Balaban J connectivity index is 2.53. The molecule has 0 radical (unpaired) electrons. The summed E-state index contributed by atoms with van der Waals surface area (Å²) >= 11 is 0. The van der Waals surface area contributed by atoms with Gasteiger partial charge in [0.2, 0.25) is 0 Å². The van der Waals surface area contributed by atoms with Gasteiger partial charge in [0.1, 0.15) is 6.23 Å². The zero-order valence-electron chi connectivity index (χ0n) is 12.3. The highest BCUT2D eigenvalue weighted by atomic mass is 16.5. The molecule has 0 aliphatic carbocycles. The van der Waals surface area contributed by atoms with Gasteiger partial charge in [-0.3, -0.25) is 5.32 Å². The number of hydrogen-bond acceptors (Lipinski definition) is 2. The average molecular weight is 247 g/mol. The Bertz CT molecular complexity index is 423. The topological polar surface area (TPSA) is 21.3 Å². The Morgan fingerprint density at radius 3 is 2.56 bits per heavy atom. The molecule has 0 saturated heterocycles. The number of rotatable bonds is 6. The third kappa shape index (κ3) is 4.28. The number of ether oxygens (including phenoxy) is 1. The van der Waals surface area contributed by atoms with E-state index in [-0.39, 0.29) is 6.23 Å². The molecule has 1 atom stereocenters. The molecule has 1 unspecified atom stereocenters. The maximum Gasteiger partial charge on any atom is 0.105 e. The van der Waals surface area contributed by atoms with Crippen molar-refractivity contribution in [1.82, 2.24) is 5.32 Å². The molecule has 2 heteroatoms. The highest BCUT2D eigenvalue weighted by molar-refractivity contribution is 5.38. The lowest BCUT2D eigenvalue weighted by Crippen LogP contribution is -2.29. The van der Waals surface area contributed by atoms with E-state index in [2.05, 4.69) is 44.8 Å². The Kier molecular flexibility index (Phi) is 5.57. The van der Waals surface area contributed by atoms with E-state index < -0.39 is 0 Å². The molecule has 0 spiro atoms. The Morgan fingerprint density at radius 2 is 1.94 bits per heavy atom. The molecule has 18 heavy (non-hydrogen) atoms. The van der Waals surface area contributed by atoms with Gasteiger partial charge in [0.05, 0.1) is 6.61 Å². The minimum Gasteiger partial charge on any atom is -0.359 e. The second kappa shape index (κ2) is 6.72. The summed E-state index contributed by atoms with van der Waals surface area (Å²) in [6.45, 7) is 15.8. The molecular formula is C16H25NO. The molecule has 1 aromatic carbocycles. The van der Waals surface area contributed by atoms with Crippen LogP contribution in [0.1, 0.15) is 36.1 Å². The summed E-state index contributed by atoms with van der Waals surface area (Å²) in [4.78, 5) is 0. The average Bonchev–Trinajstić information content (AvgIpc) is 2.32. The second-order valence-corrected chi connectivity index (χ2v) is 5.08. The smallest absolute Gasteiger partial charge is 0.105 e.